The molecule has 0 spiro atoms. The summed E-state index contributed by atoms with van der Waals surface area (Å²) in [5, 5.41) is 6.23. The third kappa shape index (κ3) is 5.28. The number of aryl methyl sites for hydroxylation is 3. The standard InChI is InChI=1S/C20H28N4O/c1-5-7-8-12-21-20-22-15(4)13-17(23-20)19(25)24-18-14(3)10-9-11-16(18)6-2/h9-11,13H,5-8,12H2,1-4H3,(H,24,25)(H,21,22,23). The molecule has 2 aromatic rings. The fourth-order valence-electron chi connectivity index (χ4n) is 2.72. The van der Waals surface area contributed by atoms with Gasteiger partial charge in [0.1, 0.15) is 5.69 Å². The third-order valence-corrected chi connectivity index (χ3v) is 4.13. The molecule has 1 aromatic carbocycles. The quantitative estimate of drug-likeness (QED) is 0.694. The Kier molecular flexibility index (Phi) is 6.92. The zero-order valence-corrected chi connectivity index (χ0v) is 15.6. The van der Waals surface area contributed by atoms with Crippen LogP contribution in [-0.4, -0.2) is 22.4 Å². The Morgan fingerprint density at radius 1 is 1.12 bits per heavy atom. The summed E-state index contributed by atoms with van der Waals surface area (Å²) < 4.78 is 0. The second-order valence-corrected chi connectivity index (χ2v) is 6.27. The first kappa shape index (κ1) is 18.9. The number of para-hydroxylation sites is 1. The predicted octanol–water partition coefficient (Wildman–Crippen LogP) is 4.51. The van der Waals surface area contributed by atoms with Gasteiger partial charge in [-0.2, -0.15) is 0 Å². The molecule has 0 saturated heterocycles. The number of benzene rings is 1. The van der Waals surface area contributed by atoms with Crippen LogP contribution in [-0.2, 0) is 6.42 Å². The van der Waals surface area contributed by atoms with Gasteiger partial charge in [0.05, 0.1) is 0 Å². The van der Waals surface area contributed by atoms with Gasteiger partial charge in [-0.1, -0.05) is 44.9 Å². The van der Waals surface area contributed by atoms with Crippen molar-refractivity contribution in [2.24, 2.45) is 0 Å². The number of carbonyl (C=O) groups is 1. The molecule has 0 aliphatic heterocycles. The normalized spacial score (nSPS) is 10.6. The molecule has 1 aromatic heterocycles. The third-order valence-electron chi connectivity index (χ3n) is 4.13. The van der Waals surface area contributed by atoms with Gasteiger partial charge in [0.15, 0.2) is 0 Å². The van der Waals surface area contributed by atoms with Crippen LogP contribution < -0.4 is 10.6 Å². The molecule has 134 valence electrons. The van der Waals surface area contributed by atoms with Crippen LogP contribution in [0, 0.1) is 13.8 Å². The molecule has 1 amide bonds. The molecule has 2 N–H and O–H groups in total. The zero-order chi connectivity index (χ0) is 18.2. The summed E-state index contributed by atoms with van der Waals surface area (Å²) in [6, 6.07) is 7.77. The van der Waals surface area contributed by atoms with Gasteiger partial charge in [0.25, 0.3) is 5.91 Å². The van der Waals surface area contributed by atoms with E-state index >= 15 is 0 Å². The van der Waals surface area contributed by atoms with Crippen LogP contribution in [0.3, 0.4) is 0 Å². The van der Waals surface area contributed by atoms with Gasteiger partial charge >= 0.3 is 0 Å². The Morgan fingerprint density at radius 2 is 1.92 bits per heavy atom. The van der Waals surface area contributed by atoms with E-state index in [1.54, 1.807) is 6.07 Å². The van der Waals surface area contributed by atoms with E-state index in [1.807, 2.05) is 32.0 Å². The van der Waals surface area contributed by atoms with E-state index in [0.29, 0.717) is 11.6 Å². The highest BCUT2D eigenvalue weighted by molar-refractivity contribution is 6.04. The first-order chi connectivity index (χ1) is 12.0. The maximum absolute atomic E-state index is 12.7. The fraction of sp³-hybridized carbons (Fsp3) is 0.450. The number of carbonyl (C=O) groups excluding carboxylic acids is 1. The highest BCUT2D eigenvalue weighted by Gasteiger charge is 2.14. The number of nitrogens with zero attached hydrogens (tertiary/aromatic N) is 2. The lowest BCUT2D eigenvalue weighted by atomic mass is 10.1. The predicted molar refractivity (Wildman–Crippen MR) is 103 cm³/mol. The van der Waals surface area contributed by atoms with E-state index < -0.39 is 0 Å². The molecular weight excluding hydrogens is 312 g/mol. The Morgan fingerprint density at radius 3 is 2.64 bits per heavy atom. The second kappa shape index (κ2) is 9.16. The Hall–Kier alpha value is -2.43. The molecule has 0 unspecified atom stereocenters. The Bertz CT molecular complexity index is 728. The maximum atomic E-state index is 12.7. The van der Waals surface area contributed by atoms with Crippen molar-refractivity contribution >= 4 is 17.5 Å². The number of anilines is 2. The van der Waals surface area contributed by atoms with Crippen molar-refractivity contribution in [2.75, 3.05) is 17.2 Å². The van der Waals surface area contributed by atoms with E-state index in [0.717, 1.165) is 41.9 Å². The summed E-state index contributed by atoms with van der Waals surface area (Å²) in [6.07, 6.45) is 4.27. The summed E-state index contributed by atoms with van der Waals surface area (Å²) in [5.74, 6) is 0.313. The number of unbranched alkanes of at least 4 members (excludes halogenated alkanes) is 2. The van der Waals surface area contributed by atoms with Gasteiger partial charge in [-0.05, 0) is 43.9 Å². The summed E-state index contributed by atoms with van der Waals surface area (Å²) in [7, 11) is 0. The van der Waals surface area contributed by atoms with Crippen molar-refractivity contribution in [2.45, 2.75) is 53.4 Å². The summed E-state index contributed by atoms with van der Waals surface area (Å²) in [6.45, 7) is 8.94. The van der Waals surface area contributed by atoms with Crippen molar-refractivity contribution in [1.29, 1.82) is 0 Å². The SMILES string of the molecule is CCCCCNc1nc(C)cc(C(=O)Nc2c(C)cccc2CC)n1. The Labute approximate surface area is 150 Å². The number of rotatable bonds is 8. The molecular formula is C20H28N4O. The Balaban J connectivity index is 2.15. The van der Waals surface area contributed by atoms with E-state index in [9.17, 15) is 4.79 Å². The molecule has 0 atom stereocenters. The van der Waals surface area contributed by atoms with Crippen LogP contribution >= 0.6 is 0 Å². The summed E-state index contributed by atoms with van der Waals surface area (Å²) >= 11 is 0. The molecule has 25 heavy (non-hydrogen) atoms. The molecule has 5 heteroatoms. The van der Waals surface area contributed by atoms with Gasteiger partial charge in [-0.3, -0.25) is 4.79 Å². The fourth-order valence-corrected chi connectivity index (χ4v) is 2.72. The molecule has 0 fully saturated rings. The molecule has 1 heterocycles. The van der Waals surface area contributed by atoms with Gasteiger partial charge < -0.3 is 10.6 Å². The number of hydrogen-bond acceptors (Lipinski definition) is 4. The molecule has 0 aliphatic carbocycles. The summed E-state index contributed by atoms with van der Waals surface area (Å²) in [4.78, 5) is 21.4. The van der Waals surface area contributed by atoms with Crippen LogP contribution in [0.4, 0.5) is 11.6 Å². The van der Waals surface area contributed by atoms with Gasteiger partial charge in [-0.15, -0.1) is 0 Å². The first-order valence-corrected chi connectivity index (χ1v) is 9.04. The lowest BCUT2D eigenvalue weighted by Crippen LogP contribution is -2.18. The van der Waals surface area contributed by atoms with E-state index in [-0.39, 0.29) is 5.91 Å². The molecule has 0 saturated carbocycles. The van der Waals surface area contributed by atoms with E-state index in [4.69, 9.17) is 0 Å². The van der Waals surface area contributed by atoms with Gasteiger partial charge in [0, 0.05) is 17.9 Å². The van der Waals surface area contributed by atoms with Crippen molar-refractivity contribution in [3.63, 3.8) is 0 Å². The van der Waals surface area contributed by atoms with Crippen molar-refractivity contribution in [3.8, 4) is 0 Å². The van der Waals surface area contributed by atoms with Crippen molar-refractivity contribution in [3.05, 3.63) is 46.8 Å². The highest BCUT2D eigenvalue weighted by Crippen LogP contribution is 2.22. The average Bonchev–Trinajstić information content (AvgIpc) is 2.60. The van der Waals surface area contributed by atoms with E-state index in [1.165, 1.54) is 12.8 Å². The second-order valence-electron chi connectivity index (χ2n) is 6.27. The number of hydrogen-bond donors (Lipinski definition) is 2. The van der Waals surface area contributed by atoms with Crippen molar-refractivity contribution in [1.82, 2.24) is 9.97 Å². The summed E-state index contributed by atoms with van der Waals surface area (Å²) in [5.41, 5.74) is 4.21. The monoisotopic (exact) mass is 340 g/mol. The zero-order valence-electron chi connectivity index (χ0n) is 15.6. The van der Waals surface area contributed by atoms with Crippen LogP contribution in [0.1, 0.15) is 60.4 Å². The van der Waals surface area contributed by atoms with Gasteiger partial charge in [0.2, 0.25) is 5.95 Å². The van der Waals surface area contributed by atoms with Gasteiger partial charge in [-0.25, -0.2) is 9.97 Å². The van der Waals surface area contributed by atoms with Crippen LogP contribution in [0.15, 0.2) is 24.3 Å². The molecule has 2 rings (SSSR count). The highest BCUT2D eigenvalue weighted by atomic mass is 16.1. The minimum absolute atomic E-state index is 0.203. The van der Waals surface area contributed by atoms with E-state index in [2.05, 4.69) is 34.4 Å². The topological polar surface area (TPSA) is 66.9 Å². The minimum atomic E-state index is -0.203. The lowest BCUT2D eigenvalue weighted by Gasteiger charge is -2.13. The smallest absolute Gasteiger partial charge is 0.274 e. The largest absolute Gasteiger partial charge is 0.354 e. The van der Waals surface area contributed by atoms with Crippen molar-refractivity contribution < 1.29 is 4.79 Å². The average molecular weight is 340 g/mol. The van der Waals surface area contributed by atoms with Crippen LogP contribution in [0.5, 0.6) is 0 Å². The number of nitrogens with one attached hydrogen (secondary N) is 2. The minimum Gasteiger partial charge on any atom is -0.354 e. The lowest BCUT2D eigenvalue weighted by molar-refractivity contribution is 0.102. The molecule has 0 bridgehead atoms. The molecule has 0 aliphatic rings. The van der Waals surface area contributed by atoms with Crippen LogP contribution in [0.2, 0.25) is 0 Å². The molecule has 5 nitrogen and oxygen atoms in total. The van der Waals surface area contributed by atoms with Crippen LogP contribution in [0.25, 0.3) is 0 Å². The maximum Gasteiger partial charge on any atom is 0.274 e. The number of amides is 1. The number of aromatic nitrogens is 2. The first-order valence-electron chi connectivity index (χ1n) is 9.04. The molecule has 0 radical (unpaired) electrons.